The van der Waals surface area contributed by atoms with Crippen LogP contribution in [0, 0.1) is 11.8 Å². The second kappa shape index (κ2) is 3.67. The summed E-state index contributed by atoms with van der Waals surface area (Å²) < 4.78 is 0. The summed E-state index contributed by atoms with van der Waals surface area (Å²) in [5, 5.41) is 8.14. The molecule has 0 amide bonds. The highest BCUT2D eigenvalue weighted by molar-refractivity contribution is 7.07. The van der Waals surface area contributed by atoms with Gasteiger partial charge in [-0.05, 0) is 47.1 Å². The van der Waals surface area contributed by atoms with E-state index in [4.69, 9.17) is 0 Å². The molecule has 0 aromatic carbocycles. The van der Waals surface area contributed by atoms with Crippen molar-refractivity contribution in [3.05, 3.63) is 22.4 Å². The molecule has 3 atom stereocenters. The Hall–Kier alpha value is -0.340. The molecular formula is C12H17NS. The molecule has 2 aliphatic carbocycles. The standard InChI is InChI=1S/C12H17NS/c1-2-10-6-11(10)12(3-1)13-7-9-4-5-14-8-9/h4-5,8,10-13H,1-3,6-7H2/t10-,11+,12?/m0/s1. The highest BCUT2D eigenvalue weighted by Crippen LogP contribution is 2.49. The topological polar surface area (TPSA) is 12.0 Å². The molecule has 0 radical (unpaired) electrons. The van der Waals surface area contributed by atoms with E-state index >= 15 is 0 Å². The fourth-order valence-corrected chi connectivity index (χ4v) is 3.47. The van der Waals surface area contributed by atoms with Gasteiger partial charge in [0, 0.05) is 12.6 Å². The average molecular weight is 207 g/mol. The largest absolute Gasteiger partial charge is 0.310 e. The van der Waals surface area contributed by atoms with E-state index < -0.39 is 0 Å². The lowest BCUT2D eigenvalue weighted by Gasteiger charge is -2.22. The van der Waals surface area contributed by atoms with Crippen LogP contribution in [0.25, 0.3) is 0 Å². The van der Waals surface area contributed by atoms with Gasteiger partial charge in [-0.25, -0.2) is 0 Å². The fourth-order valence-electron chi connectivity index (χ4n) is 2.81. The van der Waals surface area contributed by atoms with Crippen LogP contribution in [0.2, 0.25) is 0 Å². The van der Waals surface area contributed by atoms with E-state index in [0.717, 1.165) is 24.4 Å². The first-order valence-corrected chi connectivity index (χ1v) is 6.62. The summed E-state index contributed by atoms with van der Waals surface area (Å²) in [6.45, 7) is 1.08. The Morgan fingerprint density at radius 2 is 2.43 bits per heavy atom. The van der Waals surface area contributed by atoms with E-state index in [-0.39, 0.29) is 0 Å². The molecule has 3 rings (SSSR count). The second-order valence-electron chi connectivity index (χ2n) is 4.71. The van der Waals surface area contributed by atoms with Gasteiger partial charge >= 0.3 is 0 Å². The van der Waals surface area contributed by atoms with Gasteiger partial charge in [0.2, 0.25) is 0 Å². The van der Waals surface area contributed by atoms with Crippen molar-refractivity contribution in [2.75, 3.05) is 0 Å². The third-order valence-corrected chi connectivity index (χ3v) is 4.46. The lowest BCUT2D eigenvalue weighted by atomic mass is 9.95. The van der Waals surface area contributed by atoms with E-state index in [1.54, 1.807) is 11.3 Å². The van der Waals surface area contributed by atoms with Gasteiger partial charge in [-0.3, -0.25) is 0 Å². The molecular weight excluding hydrogens is 190 g/mol. The minimum atomic E-state index is 0.827. The SMILES string of the molecule is c1cc(CNC2CCC[C@H]3C[C@@H]23)cs1. The molecule has 1 unspecified atom stereocenters. The van der Waals surface area contributed by atoms with E-state index in [9.17, 15) is 0 Å². The molecule has 0 saturated heterocycles. The van der Waals surface area contributed by atoms with Crippen molar-refractivity contribution in [3.8, 4) is 0 Å². The molecule has 1 nitrogen and oxygen atoms in total. The first-order valence-electron chi connectivity index (χ1n) is 5.68. The molecule has 2 saturated carbocycles. The maximum Gasteiger partial charge on any atom is 0.0216 e. The highest BCUT2D eigenvalue weighted by atomic mass is 32.1. The molecule has 14 heavy (non-hydrogen) atoms. The van der Waals surface area contributed by atoms with E-state index in [0.29, 0.717) is 0 Å². The molecule has 1 aromatic rings. The summed E-state index contributed by atoms with van der Waals surface area (Å²) in [4.78, 5) is 0. The predicted octanol–water partition coefficient (Wildman–Crippen LogP) is 3.03. The monoisotopic (exact) mass is 207 g/mol. The van der Waals surface area contributed by atoms with Crippen LogP contribution in [0.1, 0.15) is 31.2 Å². The highest BCUT2D eigenvalue weighted by Gasteiger charge is 2.44. The minimum absolute atomic E-state index is 0.827. The molecule has 2 aliphatic rings. The summed E-state index contributed by atoms with van der Waals surface area (Å²) >= 11 is 1.80. The summed E-state index contributed by atoms with van der Waals surface area (Å²) in [7, 11) is 0. The van der Waals surface area contributed by atoms with Crippen molar-refractivity contribution in [2.45, 2.75) is 38.3 Å². The number of fused-ring (bicyclic) bond motifs is 1. The van der Waals surface area contributed by atoms with Crippen LogP contribution in [0.3, 0.4) is 0 Å². The Labute approximate surface area is 89.5 Å². The lowest BCUT2D eigenvalue weighted by Crippen LogP contribution is -2.32. The third kappa shape index (κ3) is 1.73. The van der Waals surface area contributed by atoms with Gasteiger partial charge in [-0.1, -0.05) is 12.8 Å². The van der Waals surface area contributed by atoms with Gasteiger partial charge in [0.1, 0.15) is 0 Å². The fraction of sp³-hybridized carbons (Fsp3) is 0.667. The number of hydrogen-bond donors (Lipinski definition) is 1. The van der Waals surface area contributed by atoms with Gasteiger partial charge in [0.05, 0.1) is 0 Å². The zero-order valence-corrected chi connectivity index (χ0v) is 9.22. The van der Waals surface area contributed by atoms with E-state index in [1.807, 2.05) is 0 Å². The van der Waals surface area contributed by atoms with Gasteiger partial charge in [-0.2, -0.15) is 11.3 Å². The van der Waals surface area contributed by atoms with Crippen molar-refractivity contribution < 1.29 is 0 Å². The van der Waals surface area contributed by atoms with Crippen molar-refractivity contribution >= 4 is 11.3 Å². The van der Waals surface area contributed by atoms with Crippen LogP contribution < -0.4 is 5.32 Å². The van der Waals surface area contributed by atoms with Crippen molar-refractivity contribution in [3.63, 3.8) is 0 Å². The van der Waals surface area contributed by atoms with E-state index in [1.165, 1.54) is 31.2 Å². The van der Waals surface area contributed by atoms with Crippen LogP contribution in [0.5, 0.6) is 0 Å². The van der Waals surface area contributed by atoms with Crippen molar-refractivity contribution in [1.82, 2.24) is 5.32 Å². The average Bonchev–Trinajstić information content (AvgIpc) is 2.83. The van der Waals surface area contributed by atoms with Gasteiger partial charge in [-0.15, -0.1) is 0 Å². The Morgan fingerprint density at radius 3 is 3.29 bits per heavy atom. The van der Waals surface area contributed by atoms with Crippen molar-refractivity contribution in [1.29, 1.82) is 0 Å². The molecule has 0 bridgehead atoms. The van der Waals surface area contributed by atoms with Crippen LogP contribution >= 0.6 is 11.3 Å². The van der Waals surface area contributed by atoms with Crippen LogP contribution in [0.4, 0.5) is 0 Å². The Kier molecular flexibility index (Phi) is 2.34. The smallest absolute Gasteiger partial charge is 0.0216 e. The molecule has 1 aromatic heterocycles. The minimum Gasteiger partial charge on any atom is -0.310 e. The predicted molar refractivity (Wildman–Crippen MR) is 60.4 cm³/mol. The number of hydrogen-bond acceptors (Lipinski definition) is 2. The zero-order chi connectivity index (χ0) is 9.38. The maximum absolute atomic E-state index is 3.72. The van der Waals surface area contributed by atoms with Gasteiger partial charge in [0.15, 0.2) is 0 Å². The third-order valence-electron chi connectivity index (χ3n) is 3.73. The van der Waals surface area contributed by atoms with Crippen molar-refractivity contribution in [2.24, 2.45) is 11.8 Å². The first-order chi connectivity index (χ1) is 6.93. The molecule has 2 fully saturated rings. The summed E-state index contributed by atoms with van der Waals surface area (Å²) in [6, 6.07) is 3.05. The zero-order valence-electron chi connectivity index (χ0n) is 8.41. The lowest BCUT2D eigenvalue weighted by molar-refractivity contribution is 0.352. The Morgan fingerprint density at radius 1 is 1.43 bits per heavy atom. The molecule has 76 valence electrons. The Bertz CT molecular complexity index is 293. The van der Waals surface area contributed by atoms with Gasteiger partial charge in [0.25, 0.3) is 0 Å². The number of rotatable bonds is 3. The second-order valence-corrected chi connectivity index (χ2v) is 5.49. The molecule has 1 N–H and O–H groups in total. The number of nitrogens with one attached hydrogen (secondary N) is 1. The maximum atomic E-state index is 3.72. The molecule has 0 spiro atoms. The Balaban J connectivity index is 1.52. The quantitative estimate of drug-likeness (QED) is 0.803. The van der Waals surface area contributed by atoms with E-state index in [2.05, 4.69) is 22.1 Å². The van der Waals surface area contributed by atoms with Crippen LogP contribution in [-0.4, -0.2) is 6.04 Å². The summed E-state index contributed by atoms with van der Waals surface area (Å²) in [5.41, 5.74) is 1.46. The normalized spacial score (nSPS) is 35.3. The van der Waals surface area contributed by atoms with Gasteiger partial charge < -0.3 is 5.32 Å². The van der Waals surface area contributed by atoms with Crippen LogP contribution in [0.15, 0.2) is 16.8 Å². The first kappa shape index (κ1) is 8.93. The molecule has 1 heterocycles. The summed E-state index contributed by atoms with van der Waals surface area (Å²) in [6.07, 6.45) is 5.86. The number of thiophene rings is 1. The molecule has 2 heteroatoms. The summed E-state index contributed by atoms with van der Waals surface area (Å²) in [5.74, 6) is 2.12. The van der Waals surface area contributed by atoms with Crippen LogP contribution in [-0.2, 0) is 6.54 Å². The molecule has 0 aliphatic heterocycles.